The van der Waals surface area contributed by atoms with Crippen molar-refractivity contribution in [2.75, 3.05) is 38.1 Å². The molecule has 0 radical (unpaired) electrons. The lowest BCUT2D eigenvalue weighted by Gasteiger charge is -2.36. The van der Waals surface area contributed by atoms with E-state index in [1.54, 1.807) is 4.90 Å². The average molecular weight is 279 g/mol. The van der Waals surface area contributed by atoms with Crippen LogP contribution in [0.25, 0.3) is 0 Å². The molecule has 6 nitrogen and oxygen atoms in total. The van der Waals surface area contributed by atoms with Gasteiger partial charge < -0.3 is 14.7 Å². The zero-order valence-electron chi connectivity index (χ0n) is 11.5. The van der Waals surface area contributed by atoms with Crippen molar-refractivity contribution in [3.8, 4) is 0 Å². The Morgan fingerprint density at radius 2 is 1.80 bits per heavy atom. The predicted octanol–water partition coefficient (Wildman–Crippen LogP) is 0.952. The van der Waals surface area contributed by atoms with Crippen molar-refractivity contribution in [2.24, 2.45) is 0 Å². The second kappa shape index (κ2) is 5.22. The highest BCUT2D eigenvalue weighted by Gasteiger charge is 2.33. The zero-order chi connectivity index (χ0) is 14.1. The molecule has 20 heavy (non-hydrogen) atoms. The molecule has 0 bridgehead atoms. The Kier molecular flexibility index (Phi) is 3.42. The standard InChI is InChI=1S/C13H18FN5O/c1-17-6-7-19(13(17)20)11-2-4-18(5-3-11)12-15-8-10(14)9-16-12/h8-9,11H,2-7H2,1H3. The van der Waals surface area contributed by atoms with E-state index in [-0.39, 0.29) is 6.03 Å². The fourth-order valence-corrected chi connectivity index (χ4v) is 2.85. The van der Waals surface area contributed by atoms with E-state index in [0.29, 0.717) is 12.0 Å². The van der Waals surface area contributed by atoms with Crippen molar-refractivity contribution in [3.05, 3.63) is 18.2 Å². The molecule has 2 amide bonds. The summed E-state index contributed by atoms with van der Waals surface area (Å²) in [6.45, 7) is 3.21. The number of halogens is 1. The Morgan fingerprint density at radius 3 is 2.35 bits per heavy atom. The number of urea groups is 1. The van der Waals surface area contributed by atoms with E-state index >= 15 is 0 Å². The quantitative estimate of drug-likeness (QED) is 0.809. The molecule has 1 aromatic heterocycles. The van der Waals surface area contributed by atoms with E-state index in [9.17, 15) is 9.18 Å². The summed E-state index contributed by atoms with van der Waals surface area (Å²) in [7, 11) is 1.84. The predicted molar refractivity (Wildman–Crippen MR) is 72.0 cm³/mol. The third-order valence-electron chi connectivity index (χ3n) is 4.04. The Hall–Kier alpha value is -1.92. The zero-order valence-corrected chi connectivity index (χ0v) is 11.5. The second-order valence-corrected chi connectivity index (χ2v) is 5.32. The first-order valence-corrected chi connectivity index (χ1v) is 6.89. The van der Waals surface area contributed by atoms with E-state index < -0.39 is 5.82 Å². The van der Waals surface area contributed by atoms with E-state index in [1.165, 1.54) is 12.4 Å². The maximum Gasteiger partial charge on any atom is 0.320 e. The van der Waals surface area contributed by atoms with E-state index in [4.69, 9.17) is 0 Å². The number of aromatic nitrogens is 2. The Balaban J connectivity index is 1.59. The van der Waals surface area contributed by atoms with Crippen molar-refractivity contribution < 1.29 is 9.18 Å². The number of piperidine rings is 1. The number of anilines is 1. The maximum atomic E-state index is 12.8. The molecule has 0 unspecified atom stereocenters. The Labute approximate surface area is 117 Å². The van der Waals surface area contributed by atoms with Crippen LogP contribution >= 0.6 is 0 Å². The molecule has 3 rings (SSSR count). The molecular weight excluding hydrogens is 261 g/mol. The van der Waals surface area contributed by atoms with Crippen LogP contribution in [-0.2, 0) is 0 Å². The van der Waals surface area contributed by atoms with Crippen molar-refractivity contribution in [1.82, 2.24) is 19.8 Å². The van der Waals surface area contributed by atoms with Gasteiger partial charge in [-0.15, -0.1) is 0 Å². The van der Waals surface area contributed by atoms with Gasteiger partial charge in [-0.1, -0.05) is 0 Å². The summed E-state index contributed by atoms with van der Waals surface area (Å²) in [6, 6.07) is 0.422. The molecule has 2 saturated heterocycles. The Morgan fingerprint density at radius 1 is 1.15 bits per heavy atom. The molecule has 0 atom stereocenters. The number of hydrogen-bond donors (Lipinski definition) is 0. The number of amides is 2. The molecule has 0 saturated carbocycles. The first-order chi connectivity index (χ1) is 9.65. The molecule has 108 valence electrons. The van der Waals surface area contributed by atoms with Crippen LogP contribution in [0.5, 0.6) is 0 Å². The molecule has 0 aromatic carbocycles. The number of carbonyl (C=O) groups excluding carboxylic acids is 1. The number of nitrogens with zero attached hydrogens (tertiary/aromatic N) is 5. The van der Waals surface area contributed by atoms with Crippen LogP contribution in [0.15, 0.2) is 12.4 Å². The van der Waals surface area contributed by atoms with Crippen LogP contribution in [-0.4, -0.2) is 65.1 Å². The molecule has 1 aromatic rings. The van der Waals surface area contributed by atoms with Gasteiger partial charge in [-0.05, 0) is 12.8 Å². The van der Waals surface area contributed by atoms with Crippen molar-refractivity contribution in [3.63, 3.8) is 0 Å². The lowest BCUT2D eigenvalue weighted by molar-refractivity contribution is 0.173. The summed E-state index contributed by atoms with van der Waals surface area (Å²) in [5, 5.41) is 0. The monoisotopic (exact) mass is 279 g/mol. The topological polar surface area (TPSA) is 52.6 Å². The average Bonchev–Trinajstić information content (AvgIpc) is 2.80. The van der Waals surface area contributed by atoms with Crippen molar-refractivity contribution in [2.45, 2.75) is 18.9 Å². The summed E-state index contributed by atoms with van der Waals surface area (Å²) in [5.41, 5.74) is 0. The van der Waals surface area contributed by atoms with Gasteiger partial charge in [0.05, 0.1) is 12.4 Å². The van der Waals surface area contributed by atoms with Gasteiger partial charge in [0.1, 0.15) is 0 Å². The van der Waals surface area contributed by atoms with Crippen molar-refractivity contribution >= 4 is 12.0 Å². The summed E-state index contributed by atoms with van der Waals surface area (Å²) >= 11 is 0. The summed E-state index contributed by atoms with van der Waals surface area (Å²) in [4.78, 5) is 25.7. The third-order valence-corrected chi connectivity index (χ3v) is 4.04. The molecule has 2 aliphatic rings. The fourth-order valence-electron chi connectivity index (χ4n) is 2.85. The van der Waals surface area contributed by atoms with E-state index in [1.807, 2.05) is 16.8 Å². The molecular formula is C13H18FN5O. The number of hydrogen-bond acceptors (Lipinski definition) is 4. The van der Waals surface area contributed by atoms with Crippen LogP contribution in [0, 0.1) is 5.82 Å². The summed E-state index contributed by atoms with van der Waals surface area (Å²) in [6.07, 6.45) is 4.18. The first kappa shape index (κ1) is 13.1. The molecule has 0 N–H and O–H groups in total. The maximum absolute atomic E-state index is 12.8. The molecule has 0 aliphatic carbocycles. The molecule has 0 spiro atoms. The lowest BCUT2D eigenvalue weighted by Crippen LogP contribution is -2.46. The smallest absolute Gasteiger partial charge is 0.320 e. The molecule has 3 heterocycles. The van der Waals surface area contributed by atoms with Crippen LogP contribution in [0.3, 0.4) is 0 Å². The van der Waals surface area contributed by atoms with Gasteiger partial charge >= 0.3 is 6.03 Å². The van der Waals surface area contributed by atoms with Gasteiger partial charge in [-0.3, -0.25) is 0 Å². The Bertz CT molecular complexity index is 486. The third kappa shape index (κ3) is 2.39. The number of likely N-dealkylation sites (N-methyl/N-ethyl adjacent to an activating group) is 1. The summed E-state index contributed by atoms with van der Waals surface area (Å²) < 4.78 is 12.8. The van der Waals surface area contributed by atoms with Crippen LogP contribution in [0.4, 0.5) is 15.1 Å². The van der Waals surface area contributed by atoms with Crippen LogP contribution in [0.2, 0.25) is 0 Å². The second-order valence-electron chi connectivity index (χ2n) is 5.32. The fraction of sp³-hybridized carbons (Fsp3) is 0.615. The normalized spacial score (nSPS) is 20.9. The van der Waals surface area contributed by atoms with E-state index in [2.05, 4.69) is 9.97 Å². The van der Waals surface area contributed by atoms with E-state index in [0.717, 1.165) is 39.0 Å². The minimum absolute atomic E-state index is 0.126. The largest absolute Gasteiger partial charge is 0.341 e. The van der Waals surface area contributed by atoms with Gasteiger partial charge in [-0.25, -0.2) is 19.2 Å². The highest BCUT2D eigenvalue weighted by atomic mass is 19.1. The highest BCUT2D eigenvalue weighted by molar-refractivity contribution is 5.76. The first-order valence-electron chi connectivity index (χ1n) is 6.89. The van der Waals surface area contributed by atoms with Gasteiger partial charge in [0.2, 0.25) is 5.95 Å². The number of carbonyl (C=O) groups is 1. The number of rotatable bonds is 2. The summed E-state index contributed by atoms with van der Waals surface area (Å²) in [5.74, 6) is 0.143. The van der Waals surface area contributed by atoms with Crippen LogP contribution < -0.4 is 4.90 Å². The lowest BCUT2D eigenvalue weighted by atomic mass is 10.0. The SMILES string of the molecule is CN1CCN(C2CCN(c3ncc(F)cn3)CC2)C1=O. The molecule has 7 heteroatoms. The van der Waals surface area contributed by atoms with Gasteiger partial charge in [0.25, 0.3) is 0 Å². The minimum atomic E-state index is -0.422. The van der Waals surface area contributed by atoms with Gasteiger partial charge in [0, 0.05) is 39.3 Å². The van der Waals surface area contributed by atoms with Crippen LogP contribution in [0.1, 0.15) is 12.8 Å². The van der Waals surface area contributed by atoms with Crippen molar-refractivity contribution in [1.29, 1.82) is 0 Å². The molecule has 2 fully saturated rings. The molecule has 2 aliphatic heterocycles. The highest BCUT2D eigenvalue weighted by Crippen LogP contribution is 2.22. The van der Waals surface area contributed by atoms with Gasteiger partial charge in [-0.2, -0.15) is 0 Å². The minimum Gasteiger partial charge on any atom is -0.341 e. The van der Waals surface area contributed by atoms with Gasteiger partial charge in [0.15, 0.2) is 5.82 Å².